The van der Waals surface area contributed by atoms with Crippen LogP contribution in [0.15, 0.2) is 35.3 Å². The Morgan fingerprint density at radius 2 is 1.81 bits per heavy atom. The molecule has 0 radical (unpaired) electrons. The van der Waals surface area contributed by atoms with Crippen molar-refractivity contribution in [2.45, 2.75) is 57.4 Å². The van der Waals surface area contributed by atoms with Crippen LogP contribution in [0.5, 0.6) is 0 Å². The minimum absolute atomic E-state index is 0. The van der Waals surface area contributed by atoms with Crippen molar-refractivity contribution in [2.24, 2.45) is 4.99 Å². The normalized spacial score (nSPS) is 15.3. The van der Waals surface area contributed by atoms with Crippen molar-refractivity contribution in [3.05, 3.63) is 35.9 Å². The summed E-state index contributed by atoms with van der Waals surface area (Å²) in [5, 5.41) is 9.70. The molecule has 1 aromatic carbocycles. The molecule has 5 nitrogen and oxygen atoms in total. The van der Waals surface area contributed by atoms with Gasteiger partial charge >= 0.3 is 0 Å². The van der Waals surface area contributed by atoms with Crippen LogP contribution in [0.3, 0.4) is 0 Å². The van der Waals surface area contributed by atoms with E-state index in [1.54, 1.807) is 7.05 Å². The van der Waals surface area contributed by atoms with Gasteiger partial charge in [-0.15, -0.1) is 24.0 Å². The SMILES string of the molecule is CN=C(NCCC(=O)NC1CCCC1)NCC(C)(C)c1ccccc1.I. The molecule has 0 aromatic heterocycles. The fourth-order valence-corrected chi connectivity index (χ4v) is 3.18. The highest BCUT2D eigenvalue weighted by molar-refractivity contribution is 14.0. The Morgan fingerprint density at radius 3 is 2.42 bits per heavy atom. The Hall–Kier alpha value is -1.31. The number of halogens is 1. The van der Waals surface area contributed by atoms with Crippen LogP contribution in [0.1, 0.15) is 51.5 Å². The van der Waals surface area contributed by atoms with E-state index in [1.807, 2.05) is 6.07 Å². The maximum absolute atomic E-state index is 12.0. The number of rotatable bonds is 7. The molecular formula is C20H33IN4O. The quantitative estimate of drug-likeness (QED) is 0.325. The Bertz CT molecular complexity index is 568. The lowest BCUT2D eigenvalue weighted by atomic mass is 9.85. The van der Waals surface area contributed by atoms with E-state index in [-0.39, 0.29) is 35.3 Å². The number of guanidine groups is 1. The maximum Gasteiger partial charge on any atom is 0.221 e. The molecule has 26 heavy (non-hydrogen) atoms. The smallest absolute Gasteiger partial charge is 0.221 e. The molecule has 0 spiro atoms. The van der Waals surface area contributed by atoms with Gasteiger partial charge < -0.3 is 16.0 Å². The molecule has 1 amide bonds. The fourth-order valence-electron chi connectivity index (χ4n) is 3.18. The molecule has 1 aliphatic rings. The molecule has 3 N–H and O–H groups in total. The second-order valence-electron chi connectivity index (χ2n) is 7.40. The van der Waals surface area contributed by atoms with Crippen LogP contribution in [-0.2, 0) is 10.2 Å². The number of amides is 1. The van der Waals surface area contributed by atoms with Crippen LogP contribution in [0.4, 0.5) is 0 Å². The second kappa shape index (κ2) is 11.4. The van der Waals surface area contributed by atoms with Gasteiger partial charge in [-0.3, -0.25) is 9.79 Å². The van der Waals surface area contributed by atoms with Crippen LogP contribution in [0.2, 0.25) is 0 Å². The largest absolute Gasteiger partial charge is 0.356 e. The fraction of sp³-hybridized carbons (Fsp3) is 0.600. The molecule has 0 aliphatic heterocycles. The molecule has 1 fully saturated rings. The van der Waals surface area contributed by atoms with Gasteiger partial charge in [0.25, 0.3) is 0 Å². The number of nitrogens with one attached hydrogen (secondary N) is 3. The van der Waals surface area contributed by atoms with Crippen molar-refractivity contribution in [1.29, 1.82) is 0 Å². The number of hydrogen-bond donors (Lipinski definition) is 3. The minimum atomic E-state index is -0.00126. The Kier molecular flexibility index (Phi) is 9.98. The second-order valence-corrected chi connectivity index (χ2v) is 7.40. The summed E-state index contributed by atoms with van der Waals surface area (Å²) in [6.07, 6.45) is 5.18. The predicted octanol–water partition coefficient (Wildman–Crippen LogP) is 3.20. The van der Waals surface area contributed by atoms with Crippen molar-refractivity contribution in [2.75, 3.05) is 20.1 Å². The summed E-state index contributed by atoms with van der Waals surface area (Å²) in [7, 11) is 1.75. The van der Waals surface area contributed by atoms with Crippen LogP contribution in [0, 0.1) is 0 Å². The van der Waals surface area contributed by atoms with Gasteiger partial charge in [-0.05, 0) is 18.4 Å². The van der Waals surface area contributed by atoms with E-state index >= 15 is 0 Å². The zero-order valence-corrected chi connectivity index (χ0v) is 18.5. The number of hydrogen-bond acceptors (Lipinski definition) is 2. The van der Waals surface area contributed by atoms with Crippen molar-refractivity contribution >= 4 is 35.8 Å². The van der Waals surface area contributed by atoms with E-state index in [0.29, 0.717) is 19.0 Å². The third-order valence-electron chi connectivity index (χ3n) is 4.84. The summed E-state index contributed by atoms with van der Waals surface area (Å²) in [5.74, 6) is 0.858. The van der Waals surface area contributed by atoms with Crippen molar-refractivity contribution in [3.63, 3.8) is 0 Å². The zero-order valence-electron chi connectivity index (χ0n) is 16.2. The average molecular weight is 472 g/mol. The highest BCUT2D eigenvalue weighted by atomic mass is 127. The van der Waals surface area contributed by atoms with E-state index in [0.717, 1.165) is 25.3 Å². The van der Waals surface area contributed by atoms with Gasteiger partial charge in [-0.1, -0.05) is 57.0 Å². The first-order valence-electron chi connectivity index (χ1n) is 9.31. The lowest BCUT2D eigenvalue weighted by molar-refractivity contribution is -0.121. The molecule has 0 unspecified atom stereocenters. The Balaban J connectivity index is 0.00000338. The molecule has 1 aliphatic carbocycles. The first kappa shape index (κ1) is 22.7. The van der Waals surface area contributed by atoms with Gasteiger partial charge in [0.2, 0.25) is 5.91 Å². The lowest BCUT2D eigenvalue weighted by Gasteiger charge is -2.26. The van der Waals surface area contributed by atoms with E-state index in [9.17, 15) is 4.79 Å². The van der Waals surface area contributed by atoms with Gasteiger partial charge in [0.15, 0.2) is 5.96 Å². The molecule has 146 valence electrons. The summed E-state index contributed by atoms with van der Waals surface area (Å²) < 4.78 is 0. The van der Waals surface area contributed by atoms with Gasteiger partial charge in [0.1, 0.15) is 0 Å². The van der Waals surface area contributed by atoms with Crippen LogP contribution in [-0.4, -0.2) is 38.0 Å². The van der Waals surface area contributed by atoms with E-state index in [1.165, 1.54) is 18.4 Å². The first-order valence-corrected chi connectivity index (χ1v) is 9.31. The number of nitrogens with zero attached hydrogens (tertiary/aromatic N) is 1. The van der Waals surface area contributed by atoms with E-state index in [2.05, 4.69) is 59.1 Å². The minimum Gasteiger partial charge on any atom is -0.356 e. The lowest BCUT2D eigenvalue weighted by Crippen LogP contribution is -2.44. The van der Waals surface area contributed by atoms with Gasteiger partial charge in [-0.2, -0.15) is 0 Å². The third-order valence-corrected chi connectivity index (χ3v) is 4.84. The Labute approximate surface area is 174 Å². The molecule has 6 heteroatoms. The highest BCUT2D eigenvalue weighted by Crippen LogP contribution is 2.21. The standard InChI is InChI=1S/C20H32N4O.HI/c1-20(2,16-9-5-4-6-10-16)15-23-19(21-3)22-14-13-18(25)24-17-11-7-8-12-17;/h4-6,9-10,17H,7-8,11-15H2,1-3H3,(H,24,25)(H2,21,22,23);1H. The molecule has 0 heterocycles. The monoisotopic (exact) mass is 472 g/mol. The maximum atomic E-state index is 12.0. The van der Waals surface area contributed by atoms with Gasteiger partial charge in [-0.25, -0.2) is 0 Å². The molecule has 2 rings (SSSR count). The summed E-state index contributed by atoms with van der Waals surface area (Å²) in [6, 6.07) is 10.8. The number of aliphatic imine (C=N–C) groups is 1. The van der Waals surface area contributed by atoms with E-state index in [4.69, 9.17) is 0 Å². The molecule has 0 atom stereocenters. The van der Waals surface area contributed by atoms with Gasteiger partial charge in [0.05, 0.1) is 0 Å². The number of carbonyl (C=O) groups excluding carboxylic acids is 1. The summed E-state index contributed by atoms with van der Waals surface area (Å²) >= 11 is 0. The first-order chi connectivity index (χ1) is 12.0. The topological polar surface area (TPSA) is 65.5 Å². The third kappa shape index (κ3) is 7.51. The van der Waals surface area contributed by atoms with Crippen LogP contribution in [0.25, 0.3) is 0 Å². The number of benzene rings is 1. The van der Waals surface area contributed by atoms with Crippen molar-refractivity contribution in [1.82, 2.24) is 16.0 Å². The molecular weight excluding hydrogens is 439 g/mol. The number of carbonyl (C=O) groups is 1. The van der Waals surface area contributed by atoms with Crippen molar-refractivity contribution in [3.8, 4) is 0 Å². The molecule has 1 aromatic rings. The predicted molar refractivity (Wildman–Crippen MR) is 119 cm³/mol. The zero-order chi connectivity index (χ0) is 18.1. The summed E-state index contributed by atoms with van der Waals surface area (Å²) in [6.45, 7) is 5.77. The highest BCUT2D eigenvalue weighted by Gasteiger charge is 2.20. The molecule has 1 saturated carbocycles. The van der Waals surface area contributed by atoms with Gasteiger partial charge in [0, 0.05) is 38.0 Å². The Morgan fingerprint density at radius 1 is 1.15 bits per heavy atom. The van der Waals surface area contributed by atoms with Crippen LogP contribution >= 0.6 is 24.0 Å². The summed E-state index contributed by atoms with van der Waals surface area (Å²) in [5.41, 5.74) is 1.28. The van der Waals surface area contributed by atoms with E-state index < -0.39 is 0 Å². The molecule has 0 saturated heterocycles. The average Bonchev–Trinajstić information content (AvgIpc) is 3.11. The van der Waals surface area contributed by atoms with Crippen LogP contribution < -0.4 is 16.0 Å². The summed E-state index contributed by atoms with van der Waals surface area (Å²) in [4.78, 5) is 16.2. The molecule has 0 bridgehead atoms. The van der Waals surface area contributed by atoms with Crippen molar-refractivity contribution < 1.29 is 4.79 Å².